The lowest BCUT2D eigenvalue weighted by Crippen LogP contribution is -2.40. The van der Waals surface area contributed by atoms with Crippen molar-refractivity contribution in [2.45, 2.75) is 31.8 Å². The number of nitrogens with zero attached hydrogens (tertiary/aromatic N) is 3. The van der Waals surface area contributed by atoms with Gasteiger partial charge in [0, 0.05) is 36.6 Å². The number of aryl methyl sites for hydroxylation is 1. The van der Waals surface area contributed by atoms with Crippen molar-refractivity contribution in [1.82, 2.24) is 14.5 Å². The molecule has 0 unspecified atom stereocenters. The second-order valence-electron chi connectivity index (χ2n) is 5.77. The summed E-state index contributed by atoms with van der Waals surface area (Å²) in [5, 5.41) is 0.551. The third-order valence-corrected chi connectivity index (χ3v) is 4.82. The van der Waals surface area contributed by atoms with Crippen LogP contribution in [0.5, 0.6) is 0 Å². The molecule has 1 aromatic heterocycles. The molecule has 1 saturated heterocycles. The summed E-state index contributed by atoms with van der Waals surface area (Å²) in [7, 11) is 0. The van der Waals surface area contributed by atoms with E-state index in [1.807, 2.05) is 11.0 Å². The predicted octanol–water partition coefficient (Wildman–Crippen LogP) is 1.50. The van der Waals surface area contributed by atoms with Crippen LogP contribution in [-0.4, -0.2) is 39.5 Å². The fourth-order valence-electron chi connectivity index (χ4n) is 3.06. The van der Waals surface area contributed by atoms with Crippen LogP contribution in [0.25, 0.3) is 10.9 Å². The van der Waals surface area contributed by atoms with Crippen molar-refractivity contribution in [2.24, 2.45) is 5.73 Å². The summed E-state index contributed by atoms with van der Waals surface area (Å²) in [6, 6.07) is 5.55. The number of carbonyl (C=O) groups is 1. The van der Waals surface area contributed by atoms with Crippen LogP contribution < -0.4 is 11.3 Å². The first kappa shape index (κ1) is 16.1. The Bertz CT molecular complexity index is 789. The molecule has 1 fully saturated rings. The fraction of sp³-hybridized carbons (Fsp3) is 0.438. The number of likely N-dealkylation sites (tertiary alicyclic amines) is 1. The minimum Gasteiger partial charge on any atom is -0.338 e. The Morgan fingerprint density at radius 3 is 3.04 bits per heavy atom. The highest BCUT2D eigenvalue weighted by molar-refractivity contribution is 9.10. The van der Waals surface area contributed by atoms with Gasteiger partial charge >= 0.3 is 0 Å². The van der Waals surface area contributed by atoms with Gasteiger partial charge in [-0.2, -0.15) is 0 Å². The summed E-state index contributed by atoms with van der Waals surface area (Å²) < 4.78 is 2.33. The van der Waals surface area contributed by atoms with E-state index in [1.165, 1.54) is 10.9 Å². The maximum atomic E-state index is 12.5. The fourth-order valence-corrected chi connectivity index (χ4v) is 3.42. The second-order valence-corrected chi connectivity index (χ2v) is 6.69. The molecular weight excluding hydrogens is 360 g/mol. The molecule has 0 aliphatic carbocycles. The van der Waals surface area contributed by atoms with Gasteiger partial charge in [-0.05, 0) is 31.0 Å². The van der Waals surface area contributed by atoms with Gasteiger partial charge in [-0.3, -0.25) is 14.2 Å². The van der Waals surface area contributed by atoms with Crippen LogP contribution in [0.2, 0.25) is 0 Å². The third-order valence-electron chi connectivity index (χ3n) is 4.32. The SMILES string of the molecule is NC[C@@H]1CCCN1C(=O)CCn1cnc2ccc(Br)cc2c1=O. The summed E-state index contributed by atoms with van der Waals surface area (Å²) in [5.41, 5.74) is 6.24. The van der Waals surface area contributed by atoms with E-state index in [0.717, 1.165) is 23.9 Å². The van der Waals surface area contributed by atoms with Gasteiger partial charge in [-0.1, -0.05) is 15.9 Å². The van der Waals surface area contributed by atoms with E-state index in [1.54, 1.807) is 12.1 Å². The van der Waals surface area contributed by atoms with Gasteiger partial charge in [-0.15, -0.1) is 0 Å². The van der Waals surface area contributed by atoms with E-state index in [4.69, 9.17) is 5.73 Å². The predicted molar refractivity (Wildman–Crippen MR) is 92.1 cm³/mol. The lowest BCUT2D eigenvalue weighted by Gasteiger charge is -2.23. The average molecular weight is 379 g/mol. The highest BCUT2D eigenvalue weighted by atomic mass is 79.9. The molecule has 0 saturated carbocycles. The number of hydrogen-bond donors (Lipinski definition) is 1. The van der Waals surface area contributed by atoms with Gasteiger partial charge in [0.05, 0.1) is 17.2 Å². The second kappa shape index (κ2) is 6.80. The zero-order valence-electron chi connectivity index (χ0n) is 12.7. The Hall–Kier alpha value is -1.73. The Labute approximate surface area is 142 Å². The lowest BCUT2D eigenvalue weighted by molar-refractivity contribution is -0.132. The molecule has 1 amide bonds. The molecule has 0 spiro atoms. The molecule has 1 atom stereocenters. The van der Waals surface area contributed by atoms with E-state index < -0.39 is 0 Å². The maximum absolute atomic E-state index is 12.5. The van der Waals surface area contributed by atoms with Gasteiger partial charge in [0.1, 0.15) is 0 Å². The summed E-state index contributed by atoms with van der Waals surface area (Å²) in [6.07, 6.45) is 3.76. The Kier molecular flexibility index (Phi) is 4.77. The topological polar surface area (TPSA) is 81.2 Å². The zero-order valence-corrected chi connectivity index (χ0v) is 14.3. The molecule has 7 heteroatoms. The smallest absolute Gasteiger partial charge is 0.261 e. The number of aromatic nitrogens is 2. The van der Waals surface area contributed by atoms with Crippen LogP contribution in [0.15, 0.2) is 33.8 Å². The Morgan fingerprint density at radius 2 is 2.26 bits per heavy atom. The molecule has 2 aromatic rings. The van der Waals surface area contributed by atoms with Crippen molar-refractivity contribution in [3.8, 4) is 0 Å². The number of fused-ring (bicyclic) bond motifs is 1. The maximum Gasteiger partial charge on any atom is 0.261 e. The number of nitrogens with two attached hydrogens (primary N) is 1. The molecule has 6 nitrogen and oxygen atoms in total. The van der Waals surface area contributed by atoms with Crippen molar-refractivity contribution in [2.75, 3.05) is 13.1 Å². The standard InChI is InChI=1S/C16H19BrN4O2/c17-11-3-4-14-13(8-11)16(23)20(10-19-14)7-5-15(22)21-6-1-2-12(21)9-18/h3-4,8,10,12H,1-2,5-7,9,18H2/t12-/m0/s1. The van der Waals surface area contributed by atoms with E-state index in [-0.39, 0.29) is 23.9 Å². The summed E-state index contributed by atoms with van der Waals surface area (Å²) >= 11 is 3.36. The Balaban J connectivity index is 1.76. The monoisotopic (exact) mass is 378 g/mol. The van der Waals surface area contributed by atoms with Crippen molar-refractivity contribution < 1.29 is 4.79 Å². The molecule has 2 N–H and O–H groups in total. The zero-order chi connectivity index (χ0) is 16.4. The third kappa shape index (κ3) is 3.30. The summed E-state index contributed by atoms with van der Waals surface area (Å²) in [5.74, 6) is 0.0548. The molecular formula is C16H19BrN4O2. The molecule has 3 rings (SSSR count). The normalized spacial score (nSPS) is 17.8. The first-order valence-electron chi connectivity index (χ1n) is 7.74. The lowest BCUT2D eigenvalue weighted by atomic mass is 10.2. The highest BCUT2D eigenvalue weighted by Crippen LogP contribution is 2.18. The van der Waals surface area contributed by atoms with Gasteiger partial charge in [0.15, 0.2) is 0 Å². The quantitative estimate of drug-likeness (QED) is 0.873. The van der Waals surface area contributed by atoms with E-state index in [0.29, 0.717) is 24.0 Å². The number of rotatable bonds is 4. The number of benzene rings is 1. The largest absolute Gasteiger partial charge is 0.338 e. The summed E-state index contributed by atoms with van der Waals surface area (Å²) in [6.45, 7) is 1.59. The summed E-state index contributed by atoms with van der Waals surface area (Å²) in [4.78, 5) is 31.0. The van der Waals surface area contributed by atoms with Crippen LogP contribution in [-0.2, 0) is 11.3 Å². The number of amides is 1. The molecule has 1 aliphatic heterocycles. The minimum atomic E-state index is -0.124. The van der Waals surface area contributed by atoms with Crippen LogP contribution in [0.3, 0.4) is 0 Å². The minimum absolute atomic E-state index is 0.0548. The molecule has 122 valence electrons. The molecule has 0 radical (unpaired) electrons. The van der Waals surface area contributed by atoms with E-state index in [2.05, 4.69) is 20.9 Å². The van der Waals surface area contributed by atoms with Gasteiger partial charge < -0.3 is 10.6 Å². The van der Waals surface area contributed by atoms with E-state index >= 15 is 0 Å². The first-order valence-corrected chi connectivity index (χ1v) is 8.53. The van der Waals surface area contributed by atoms with E-state index in [9.17, 15) is 9.59 Å². The van der Waals surface area contributed by atoms with Crippen LogP contribution >= 0.6 is 15.9 Å². The van der Waals surface area contributed by atoms with Crippen LogP contribution in [0.4, 0.5) is 0 Å². The highest BCUT2D eigenvalue weighted by Gasteiger charge is 2.27. The first-order chi connectivity index (χ1) is 11.1. The average Bonchev–Trinajstić information content (AvgIpc) is 3.03. The number of hydrogen-bond acceptors (Lipinski definition) is 4. The molecule has 1 aliphatic rings. The molecule has 1 aromatic carbocycles. The number of halogens is 1. The molecule has 23 heavy (non-hydrogen) atoms. The van der Waals surface area contributed by atoms with Crippen LogP contribution in [0, 0.1) is 0 Å². The van der Waals surface area contributed by atoms with Gasteiger partial charge in [-0.25, -0.2) is 4.98 Å². The van der Waals surface area contributed by atoms with Crippen molar-refractivity contribution in [3.63, 3.8) is 0 Å². The molecule has 2 heterocycles. The number of carbonyl (C=O) groups excluding carboxylic acids is 1. The molecule has 0 bridgehead atoms. The Morgan fingerprint density at radius 1 is 1.43 bits per heavy atom. The van der Waals surface area contributed by atoms with Gasteiger partial charge in [0.2, 0.25) is 5.91 Å². The van der Waals surface area contributed by atoms with Crippen LogP contribution in [0.1, 0.15) is 19.3 Å². The van der Waals surface area contributed by atoms with Crippen molar-refractivity contribution in [3.05, 3.63) is 39.4 Å². The van der Waals surface area contributed by atoms with Gasteiger partial charge in [0.25, 0.3) is 5.56 Å². The van der Waals surface area contributed by atoms with Crippen molar-refractivity contribution in [1.29, 1.82) is 0 Å². The van der Waals surface area contributed by atoms with Crippen molar-refractivity contribution >= 4 is 32.7 Å².